The van der Waals surface area contributed by atoms with Crippen LogP contribution in [0.5, 0.6) is 0 Å². The number of rotatable bonds is 3. The lowest BCUT2D eigenvalue weighted by molar-refractivity contribution is 0.0933. The second-order valence-corrected chi connectivity index (χ2v) is 4.18. The molecule has 20 heavy (non-hydrogen) atoms. The molecule has 1 amide bonds. The smallest absolute Gasteiger partial charge is 0.254 e. The largest absolute Gasteiger partial charge is 0.342 e. The van der Waals surface area contributed by atoms with E-state index in [1.54, 1.807) is 14.0 Å². The summed E-state index contributed by atoms with van der Waals surface area (Å²) < 4.78 is 40.7. The minimum atomic E-state index is -1.35. The fourth-order valence-corrected chi connectivity index (χ4v) is 1.73. The SMILES string of the molecule is CC(NC(=O)c1cc(F)c(F)cc1F)c1ncnn1C. The highest BCUT2D eigenvalue weighted by molar-refractivity contribution is 5.94. The van der Waals surface area contributed by atoms with Crippen molar-refractivity contribution in [2.75, 3.05) is 0 Å². The van der Waals surface area contributed by atoms with Gasteiger partial charge in [-0.05, 0) is 13.0 Å². The minimum absolute atomic E-state index is 0.331. The van der Waals surface area contributed by atoms with E-state index in [2.05, 4.69) is 15.4 Å². The monoisotopic (exact) mass is 284 g/mol. The summed E-state index contributed by atoms with van der Waals surface area (Å²) in [5.74, 6) is -4.19. The fraction of sp³-hybridized carbons (Fsp3) is 0.250. The van der Waals surface area contributed by atoms with E-state index in [-0.39, 0.29) is 0 Å². The molecule has 0 aliphatic heterocycles. The average Bonchev–Trinajstić information content (AvgIpc) is 2.80. The third-order valence-corrected chi connectivity index (χ3v) is 2.74. The Morgan fingerprint density at radius 3 is 2.50 bits per heavy atom. The van der Waals surface area contributed by atoms with Crippen molar-refractivity contribution < 1.29 is 18.0 Å². The minimum Gasteiger partial charge on any atom is -0.342 e. The predicted octanol–water partition coefficient (Wildman–Crippen LogP) is 1.72. The van der Waals surface area contributed by atoms with Crippen molar-refractivity contribution in [1.82, 2.24) is 20.1 Å². The Balaban J connectivity index is 2.21. The molecule has 0 spiro atoms. The second kappa shape index (κ2) is 5.32. The Morgan fingerprint density at radius 2 is 1.90 bits per heavy atom. The summed E-state index contributed by atoms with van der Waals surface area (Å²) in [5.41, 5.74) is -0.571. The van der Waals surface area contributed by atoms with Crippen molar-refractivity contribution in [2.45, 2.75) is 13.0 Å². The zero-order valence-electron chi connectivity index (χ0n) is 10.7. The highest BCUT2D eigenvalue weighted by Gasteiger charge is 2.20. The highest BCUT2D eigenvalue weighted by Crippen LogP contribution is 2.15. The highest BCUT2D eigenvalue weighted by atomic mass is 19.2. The molecule has 2 aromatic rings. The van der Waals surface area contributed by atoms with Gasteiger partial charge >= 0.3 is 0 Å². The van der Waals surface area contributed by atoms with Crippen molar-refractivity contribution in [3.63, 3.8) is 0 Å². The number of carbonyl (C=O) groups excluding carboxylic acids is 1. The topological polar surface area (TPSA) is 59.8 Å². The van der Waals surface area contributed by atoms with E-state index in [9.17, 15) is 18.0 Å². The molecule has 1 unspecified atom stereocenters. The first kappa shape index (κ1) is 14.0. The standard InChI is InChI=1S/C12H11F3N4O/c1-6(11-16-5-17-19(11)2)18-12(20)7-3-9(14)10(15)4-8(7)13/h3-6H,1-2H3,(H,18,20). The van der Waals surface area contributed by atoms with Gasteiger partial charge in [0.1, 0.15) is 18.0 Å². The third kappa shape index (κ3) is 2.63. The molecule has 0 saturated heterocycles. The molecule has 1 heterocycles. The summed E-state index contributed by atoms with van der Waals surface area (Å²) in [5, 5.41) is 6.27. The summed E-state index contributed by atoms with van der Waals surface area (Å²) in [6, 6.07) is 0.281. The van der Waals surface area contributed by atoms with Gasteiger partial charge in [-0.25, -0.2) is 18.2 Å². The lowest BCUT2D eigenvalue weighted by atomic mass is 10.1. The van der Waals surface area contributed by atoms with E-state index in [4.69, 9.17) is 0 Å². The molecule has 0 fully saturated rings. The van der Waals surface area contributed by atoms with Crippen LogP contribution in [0.2, 0.25) is 0 Å². The van der Waals surface area contributed by atoms with Crippen molar-refractivity contribution in [1.29, 1.82) is 0 Å². The van der Waals surface area contributed by atoms with Crippen LogP contribution >= 0.6 is 0 Å². The summed E-state index contributed by atoms with van der Waals surface area (Å²) in [6.45, 7) is 1.61. The van der Waals surface area contributed by atoms with Crippen LogP contribution in [0.3, 0.4) is 0 Å². The van der Waals surface area contributed by atoms with Crippen LogP contribution in [0.25, 0.3) is 0 Å². The number of aryl methyl sites for hydroxylation is 1. The van der Waals surface area contributed by atoms with Gasteiger partial charge in [0.05, 0.1) is 11.6 Å². The Morgan fingerprint density at radius 1 is 1.25 bits per heavy atom. The molecule has 0 saturated carbocycles. The molecule has 1 N–H and O–H groups in total. The Hall–Kier alpha value is -2.38. The molecule has 2 rings (SSSR count). The molecule has 1 aromatic carbocycles. The van der Waals surface area contributed by atoms with E-state index in [1.807, 2.05) is 0 Å². The van der Waals surface area contributed by atoms with Gasteiger partial charge in [0.25, 0.3) is 5.91 Å². The Labute approximate surface area is 112 Å². The maximum atomic E-state index is 13.5. The molecular weight excluding hydrogens is 273 g/mol. The Kier molecular flexibility index (Phi) is 3.73. The van der Waals surface area contributed by atoms with Crippen LogP contribution in [0, 0.1) is 17.5 Å². The van der Waals surface area contributed by atoms with Crippen LogP contribution < -0.4 is 5.32 Å². The number of hydrogen-bond acceptors (Lipinski definition) is 3. The van der Waals surface area contributed by atoms with E-state index in [0.29, 0.717) is 18.0 Å². The first-order chi connectivity index (χ1) is 9.40. The number of hydrogen-bond donors (Lipinski definition) is 1. The number of halogens is 3. The maximum Gasteiger partial charge on any atom is 0.254 e. The van der Waals surface area contributed by atoms with Gasteiger partial charge in [0, 0.05) is 13.1 Å². The molecule has 8 heteroatoms. The van der Waals surface area contributed by atoms with Crippen molar-refractivity contribution in [2.24, 2.45) is 7.05 Å². The zero-order valence-corrected chi connectivity index (χ0v) is 10.7. The number of amides is 1. The quantitative estimate of drug-likeness (QED) is 0.873. The van der Waals surface area contributed by atoms with Gasteiger partial charge in [-0.1, -0.05) is 0 Å². The lowest BCUT2D eigenvalue weighted by Crippen LogP contribution is -2.29. The van der Waals surface area contributed by atoms with E-state index in [0.717, 1.165) is 0 Å². The normalized spacial score (nSPS) is 12.2. The molecule has 1 aromatic heterocycles. The first-order valence-corrected chi connectivity index (χ1v) is 5.69. The molecule has 106 valence electrons. The van der Waals surface area contributed by atoms with Crippen LogP contribution in [0.4, 0.5) is 13.2 Å². The van der Waals surface area contributed by atoms with Gasteiger partial charge in [-0.3, -0.25) is 9.48 Å². The number of benzene rings is 1. The summed E-state index contributed by atoms with van der Waals surface area (Å²) in [6.07, 6.45) is 1.30. The lowest BCUT2D eigenvalue weighted by Gasteiger charge is -2.13. The molecule has 5 nitrogen and oxygen atoms in total. The van der Waals surface area contributed by atoms with E-state index >= 15 is 0 Å². The van der Waals surface area contributed by atoms with E-state index < -0.39 is 35.0 Å². The van der Waals surface area contributed by atoms with Crippen LogP contribution in [-0.4, -0.2) is 20.7 Å². The fourth-order valence-electron chi connectivity index (χ4n) is 1.73. The predicted molar refractivity (Wildman–Crippen MR) is 63.2 cm³/mol. The van der Waals surface area contributed by atoms with Gasteiger partial charge in [0.2, 0.25) is 0 Å². The van der Waals surface area contributed by atoms with Crippen LogP contribution in [-0.2, 0) is 7.05 Å². The number of nitrogens with one attached hydrogen (secondary N) is 1. The second-order valence-electron chi connectivity index (χ2n) is 4.18. The van der Waals surface area contributed by atoms with Gasteiger partial charge in [-0.2, -0.15) is 5.10 Å². The third-order valence-electron chi connectivity index (χ3n) is 2.74. The summed E-state index contributed by atoms with van der Waals surface area (Å²) in [7, 11) is 1.63. The van der Waals surface area contributed by atoms with Crippen molar-refractivity contribution in [3.05, 3.63) is 47.3 Å². The first-order valence-electron chi connectivity index (χ1n) is 5.69. The summed E-state index contributed by atoms with van der Waals surface area (Å²) in [4.78, 5) is 15.8. The molecule has 0 bridgehead atoms. The average molecular weight is 284 g/mol. The molecule has 0 radical (unpaired) electrons. The van der Waals surface area contributed by atoms with Gasteiger partial charge in [0.15, 0.2) is 11.6 Å². The van der Waals surface area contributed by atoms with Crippen molar-refractivity contribution >= 4 is 5.91 Å². The van der Waals surface area contributed by atoms with Crippen molar-refractivity contribution in [3.8, 4) is 0 Å². The van der Waals surface area contributed by atoms with Crippen LogP contribution in [0.1, 0.15) is 29.1 Å². The maximum absolute atomic E-state index is 13.5. The van der Waals surface area contributed by atoms with Crippen LogP contribution in [0.15, 0.2) is 18.5 Å². The van der Waals surface area contributed by atoms with E-state index in [1.165, 1.54) is 11.0 Å². The summed E-state index contributed by atoms with van der Waals surface area (Å²) >= 11 is 0. The molecule has 0 aliphatic rings. The molecular formula is C12H11F3N4O. The zero-order chi connectivity index (χ0) is 14.9. The van der Waals surface area contributed by atoms with Gasteiger partial charge < -0.3 is 5.32 Å². The number of aromatic nitrogens is 3. The number of nitrogens with zero attached hydrogens (tertiary/aromatic N) is 3. The molecule has 0 aliphatic carbocycles. The van der Waals surface area contributed by atoms with Gasteiger partial charge in [-0.15, -0.1) is 0 Å². The molecule has 1 atom stereocenters. The number of carbonyl (C=O) groups is 1. The Bertz CT molecular complexity index is 656.